The molecule has 0 spiro atoms. The molecule has 28 heavy (non-hydrogen) atoms. The van der Waals surface area contributed by atoms with Crippen molar-refractivity contribution < 1.29 is 22.2 Å². The summed E-state index contributed by atoms with van der Waals surface area (Å²) in [5, 5.41) is 2.41. The van der Waals surface area contributed by atoms with Gasteiger partial charge in [-0.3, -0.25) is 9.59 Å². The zero-order chi connectivity index (χ0) is 19.9. The van der Waals surface area contributed by atoms with Gasteiger partial charge in [-0.2, -0.15) is 4.31 Å². The van der Waals surface area contributed by atoms with Crippen molar-refractivity contribution in [1.29, 1.82) is 0 Å². The number of hydrogen-bond acceptors (Lipinski definition) is 5. The summed E-state index contributed by atoms with van der Waals surface area (Å²) in [6.07, 6.45) is 1.17. The standard InChI is InChI=1S/C19H16N2O5S2/c22-17-14-11-13(8-9-15(14)20-19(17)23)28(25,26)21-10-4-7-16(21)18(27-24)12-5-2-1-3-6-12/h1-3,5-6,8-9,11,16H,4,7,10H2,(H,20,22,23). The van der Waals surface area contributed by atoms with Crippen molar-refractivity contribution in [3.8, 4) is 0 Å². The number of sulfonamides is 1. The topological polar surface area (TPSA) is 101 Å². The van der Waals surface area contributed by atoms with E-state index in [0.717, 1.165) is 0 Å². The molecule has 4 rings (SSSR count). The highest BCUT2D eigenvalue weighted by molar-refractivity contribution is 7.89. The summed E-state index contributed by atoms with van der Waals surface area (Å²) in [6, 6.07) is 12.5. The molecule has 0 saturated carbocycles. The van der Waals surface area contributed by atoms with Crippen molar-refractivity contribution in [1.82, 2.24) is 4.31 Å². The number of rotatable bonds is 4. The number of fused-ring (bicyclic) bond motifs is 1. The van der Waals surface area contributed by atoms with E-state index in [1.807, 2.05) is 6.07 Å². The third kappa shape index (κ3) is 3.01. The number of Topliss-reactive ketones (excluding diaryl/α,β-unsaturated/α-hetero) is 1. The van der Waals surface area contributed by atoms with Crippen LogP contribution in [0.1, 0.15) is 28.8 Å². The average molecular weight is 416 g/mol. The van der Waals surface area contributed by atoms with Crippen molar-refractivity contribution in [2.75, 3.05) is 11.9 Å². The molecule has 1 amide bonds. The van der Waals surface area contributed by atoms with Crippen LogP contribution >= 0.6 is 0 Å². The Morgan fingerprint density at radius 2 is 1.86 bits per heavy atom. The minimum atomic E-state index is -3.94. The first-order valence-electron chi connectivity index (χ1n) is 8.67. The largest absolute Gasteiger partial charge is 0.318 e. The lowest BCUT2D eigenvalue weighted by molar-refractivity contribution is -0.112. The molecule has 1 unspecified atom stereocenters. The van der Waals surface area contributed by atoms with Gasteiger partial charge in [-0.25, -0.2) is 12.6 Å². The zero-order valence-electron chi connectivity index (χ0n) is 14.6. The van der Waals surface area contributed by atoms with Gasteiger partial charge in [0.15, 0.2) is 0 Å². The summed E-state index contributed by atoms with van der Waals surface area (Å²) < 4.78 is 39.7. The van der Waals surface area contributed by atoms with Gasteiger partial charge in [0.05, 0.1) is 38.3 Å². The Balaban J connectivity index is 1.73. The van der Waals surface area contributed by atoms with Crippen LogP contribution in [-0.2, 0) is 26.1 Å². The minimum absolute atomic E-state index is 0.0484. The number of ketones is 1. The molecule has 1 atom stereocenters. The fourth-order valence-electron chi connectivity index (χ4n) is 3.61. The number of carbonyl (C=O) groups excluding carboxylic acids is 2. The number of anilines is 1. The fraction of sp³-hybridized carbons (Fsp3) is 0.211. The second-order valence-electron chi connectivity index (χ2n) is 6.58. The van der Waals surface area contributed by atoms with Crippen LogP contribution < -0.4 is 5.32 Å². The fourth-order valence-corrected chi connectivity index (χ4v) is 5.95. The highest BCUT2D eigenvalue weighted by atomic mass is 32.2. The minimum Gasteiger partial charge on any atom is -0.318 e. The lowest BCUT2D eigenvalue weighted by atomic mass is 10.0. The quantitative estimate of drug-likeness (QED) is 0.461. The van der Waals surface area contributed by atoms with Gasteiger partial charge in [0.2, 0.25) is 10.0 Å². The predicted octanol–water partition coefficient (Wildman–Crippen LogP) is 1.41. The molecular weight excluding hydrogens is 400 g/mol. The van der Waals surface area contributed by atoms with E-state index >= 15 is 0 Å². The van der Waals surface area contributed by atoms with Crippen LogP contribution in [0.4, 0.5) is 5.69 Å². The molecule has 0 aliphatic carbocycles. The maximum atomic E-state index is 13.3. The molecule has 2 aromatic carbocycles. The number of hydrogen-bond donors (Lipinski definition) is 1. The maximum absolute atomic E-state index is 13.3. The third-order valence-corrected chi connectivity index (χ3v) is 7.54. The Kier molecular flexibility index (Phi) is 4.74. The predicted molar refractivity (Wildman–Crippen MR) is 105 cm³/mol. The van der Waals surface area contributed by atoms with Gasteiger partial charge < -0.3 is 5.32 Å². The van der Waals surface area contributed by atoms with Gasteiger partial charge in [-0.1, -0.05) is 30.3 Å². The number of benzene rings is 2. The molecule has 2 aliphatic rings. The van der Waals surface area contributed by atoms with Crippen molar-refractivity contribution >= 4 is 43.5 Å². The van der Waals surface area contributed by atoms with E-state index in [1.54, 1.807) is 24.3 Å². The van der Waals surface area contributed by atoms with Crippen molar-refractivity contribution in [3.05, 3.63) is 59.7 Å². The summed E-state index contributed by atoms with van der Waals surface area (Å²) in [6.45, 7) is 0.284. The van der Waals surface area contributed by atoms with E-state index in [9.17, 15) is 22.2 Å². The number of carbonyl (C=O) groups is 2. The van der Waals surface area contributed by atoms with Crippen LogP contribution in [0.5, 0.6) is 0 Å². The van der Waals surface area contributed by atoms with E-state index in [2.05, 4.69) is 5.32 Å². The average Bonchev–Trinajstić information content (AvgIpc) is 3.29. The van der Waals surface area contributed by atoms with Crippen molar-refractivity contribution in [2.45, 2.75) is 23.8 Å². The molecule has 0 bridgehead atoms. The number of amides is 1. The Morgan fingerprint density at radius 1 is 1.11 bits per heavy atom. The van der Waals surface area contributed by atoms with Gasteiger partial charge >= 0.3 is 0 Å². The molecule has 9 heteroatoms. The number of nitrogens with zero attached hydrogens (tertiary/aromatic N) is 1. The molecule has 144 valence electrons. The molecule has 1 N–H and O–H groups in total. The Hall–Kier alpha value is -2.62. The van der Waals surface area contributed by atoms with Gasteiger partial charge in [0.1, 0.15) is 0 Å². The van der Waals surface area contributed by atoms with E-state index in [1.165, 1.54) is 22.5 Å². The lowest BCUT2D eigenvalue weighted by Gasteiger charge is -2.25. The Morgan fingerprint density at radius 3 is 2.57 bits per heavy atom. The first kappa shape index (κ1) is 18.7. The van der Waals surface area contributed by atoms with Crippen LogP contribution in [0.15, 0.2) is 53.4 Å². The van der Waals surface area contributed by atoms with Gasteiger partial charge in [0, 0.05) is 6.54 Å². The second kappa shape index (κ2) is 7.08. The van der Waals surface area contributed by atoms with E-state index in [0.29, 0.717) is 40.2 Å². The first-order chi connectivity index (χ1) is 13.4. The summed E-state index contributed by atoms with van der Waals surface area (Å²) in [4.78, 5) is 23.8. The van der Waals surface area contributed by atoms with Crippen LogP contribution in [-0.4, -0.2) is 46.1 Å². The monoisotopic (exact) mass is 416 g/mol. The summed E-state index contributed by atoms with van der Waals surface area (Å²) in [5.41, 5.74) is 1.05. The Bertz CT molecular complexity index is 1140. The van der Waals surface area contributed by atoms with Crippen molar-refractivity contribution in [2.24, 2.45) is 0 Å². The maximum Gasteiger partial charge on any atom is 0.296 e. The summed E-state index contributed by atoms with van der Waals surface area (Å²) in [5.74, 6) is -1.53. The summed E-state index contributed by atoms with van der Waals surface area (Å²) >= 11 is 0.308. The summed E-state index contributed by atoms with van der Waals surface area (Å²) in [7, 11) is -3.94. The van der Waals surface area contributed by atoms with Crippen LogP contribution in [0.3, 0.4) is 0 Å². The normalized spacial score (nSPS) is 19.4. The molecule has 2 aliphatic heterocycles. The highest BCUT2D eigenvalue weighted by Crippen LogP contribution is 2.31. The zero-order valence-corrected chi connectivity index (χ0v) is 16.3. The lowest BCUT2D eigenvalue weighted by Crippen LogP contribution is -2.40. The van der Waals surface area contributed by atoms with E-state index in [4.69, 9.17) is 0 Å². The molecule has 1 saturated heterocycles. The molecule has 2 heterocycles. The van der Waals surface area contributed by atoms with Crippen LogP contribution in [0, 0.1) is 0 Å². The van der Waals surface area contributed by atoms with Gasteiger partial charge in [-0.05, 0) is 36.6 Å². The first-order valence-corrected chi connectivity index (χ1v) is 10.9. The number of nitrogens with one attached hydrogen (secondary N) is 1. The highest BCUT2D eigenvalue weighted by Gasteiger charge is 2.39. The van der Waals surface area contributed by atoms with E-state index < -0.39 is 27.8 Å². The molecule has 0 radical (unpaired) electrons. The molecule has 1 fully saturated rings. The van der Waals surface area contributed by atoms with Gasteiger partial charge in [-0.15, -0.1) is 0 Å². The molecular formula is C19H16N2O5S2. The van der Waals surface area contributed by atoms with Gasteiger partial charge in [0.25, 0.3) is 11.7 Å². The molecule has 2 aromatic rings. The van der Waals surface area contributed by atoms with Crippen molar-refractivity contribution in [3.63, 3.8) is 0 Å². The van der Waals surface area contributed by atoms with Crippen LogP contribution in [0.2, 0.25) is 0 Å². The smallest absolute Gasteiger partial charge is 0.296 e. The van der Waals surface area contributed by atoms with Crippen LogP contribution in [0.25, 0.3) is 0 Å². The SMILES string of the molecule is O=S=C(c1ccccc1)C1CCCN1S(=O)(=O)c1ccc2c(c1)C(=O)C(=O)N2. The van der Waals surface area contributed by atoms with E-state index in [-0.39, 0.29) is 17.0 Å². The second-order valence-corrected chi connectivity index (χ2v) is 9.08. The molecule has 0 aromatic heterocycles. The third-order valence-electron chi connectivity index (χ3n) is 4.95. The molecule has 7 nitrogen and oxygen atoms in total. The Labute approximate surface area is 165 Å².